The van der Waals surface area contributed by atoms with Gasteiger partial charge in [0, 0.05) is 24.7 Å². The molecule has 1 aliphatic rings. The van der Waals surface area contributed by atoms with Gasteiger partial charge in [0.05, 0.1) is 0 Å². The van der Waals surface area contributed by atoms with Crippen LogP contribution >= 0.6 is 0 Å². The lowest BCUT2D eigenvalue weighted by Gasteiger charge is -2.34. The largest absolute Gasteiger partial charge is 0.335 e. The van der Waals surface area contributed by atoms with Gasteiger partial charge in [-0.1, -0.05) is 17.2 Å². The van der Waals surface area contributed by atoms with Crippen LogP contribution in [0.25, 0.3) is 0 Å². The van der Waals surface area contributed by atoms with E-state index in [1.807, 2.05) is 30.9 Å². The fourth-order valence-electron chi connectivity index (χ4n) is 2.93. The van der Waals surface area contributed by atoms with E-state index in [1.54, 1.807) is 0 Å². The molecule has 0 spiro atoms. The van der Waals surface area contributed by atoms with Crippen molar-refractivity contribution < 1.29 is 4.79 Å². The lowest BCUT2D eigenvalue weighted by molar-refractivity contribution is 0.0662. The number of hydrogen-bond acceptors (Lipinski definition) is 2. The topological polar surface area (TPSA) is 32.3 Å². The van der Waals surface area contributed by atoms with Crippen LogP contribution < -0.4 is 5.32 Å². The fraction of sp³-hybridized carbons (Fsp3) is 0.562. The normalized spacial score (nSPS) is 19.2. The molecule has 0 bridgehead atoms. The molecule has 19 heavy (non-hydrogen) atoms. The predicted molar refractivity (Wildman–Crippen MR) is 78.5 cm³/mol. The molecule has 2 rings (SSSR count). The minimum Gasteiger partial charge on any atom is -0.335 e. The molecule has 1 aromatic rings. The summed E-state index contributed by atoms with van der Waals surface area (Å²) in [5.74, 6) is 0.169. The van der Waals surface area contributed by atoms with Crippen molar-refractivity contribution in [2.75, 3.05) is 19.6 Å². The zero-order valence-electron chi connectivity index (χ0n) is 12.2. The Balaban J connectivity index is 2.19. The number of likely N-dealkylation sites (N-methyl/N-ethyl adjacent to an activating group) is 1. The first kappa shape index (κ1) is 14.1. The van der Waals surface area contributed by atoms with Crippen molar-refractivity contribution in [1.29, 1.82) is 0 Å². The van der Waals surface area contributed by atoms with Gasteiger partial charge < -0.3 is 10.2 Å². The van der Waals surface area contributed by atoms with Crippen molar-refractivity contribution in [3.63, 3.8) is 0 Å². The molecule has 1 unspecified atom stereocenters. The monoisotopic (exact) mass is 260 g/mol. The highest BCUT2D eigenvalue weighted by Crippen LogP contribution is 2.16. The van der Waals surface area contributed by atoms with E-state index in [-0.39, 0.29) is 5.91 Å². The molecule has 1 N–H and O–H groups in total. The first-order valence-corrected chi connectivity index (χ1v) is 7.21. The van der Waals surface area contributed by atoms with Crippen LogP contribution in [0.3, 0.4) is 0 Å². The molecular formula is C16H24N2O. The van der Waals surface area contributed by atoms with Gasteiger partial charge in [0.2, 0.25) is 0 Å². The van der Waals surface area contributed by atoms with Gasteiger partial charge in [0.15, 0.2) is 0 Å². The van der Waals surface area contributed by atoms with Crippen LogP contribution in [0.1, 0.15) is 41.3 Å². The summed E-state index contributed by atoms with van der Waals surface area (Å²) in [5, 5.41) is 3.38. The van der Waals surface area contributed by atoms with E-state index in [2.05, 4.69) is 18.3 Å². The van der Waals surface area contributed by atoms with Crippen LogP contribution in [0.5, 0.6) is 0 Å². The molecule has 0 saturated carbocycles. The third-order valence-electron chi connectivity index (χ3n) is 3.78. The lowest BCUT2D eigenvalue weighted by atomic mass is 10.0. The van der Waals surface area contributed by atoms with Crippen molar-refractivity contribution in [1.82, 2.24) is 10.2 Å². The number of aryl methyl sites for hydroxylation is 2. The summed E-state index contributed by atoms with van der Waals surface area (Å²) in [6, 6.07) is 6.43. The molecule has 1 atom stereocenters. The van der Waals surface area contributed by atoms with Gasteiger partial charge in [-0.15, -0.1) is 0 Å². The van der Waals surface area contributed by atoms with Gasteiger partial charge >= 0.3 is 0 Å². The zero-order chi connectivity index (χ0) is 13.8. The second-order valence-corrected chi connectivity index (χ2v) is 5.47. The Labute approximate surface area is 116 Å². The summed E-state index contributed by atoms with van der Waals surface area (Å²) in [7, 11) is 0. The molecule has 104 valence electrons. The Morgan fingerprint density at radius 2 is 2.00 bits per heavy atom. The van der Waals surface area contributed by atoms with E-state index in [4.69, 9.17) is 0 Å². The number of carbonyl (C=O) groups excluding carboxylic acids is 1. The maximum atomic E-state index is 12.7. The summed E-state index contributed by atoms with van der Waals surface area (Å²) in [6.07, 6.45) is 2.26. The molecular weight excluding hydrogens is 236 g/mol. The Morgan fingerprint density at radius 1 is 1.32 bits per heavy atom. The van der Waals surface area contributed by atoms with E-state index in [1.165, 1.54) is 0 Å². The second kappa shape index (κ2) is 6.20. The Bertz CT molecular complexity index is 430. The van der Waals surface area contributed by atoms with Crippen molar-refractivity contribution in [3.8, 4) is 0 Å². The van der Waals surface area contributed by atoms with Crippen molar-refractivity contribution >= 4 is 5.91 Å². The van der Waals surface area contributed by atoms with Gasteiger partial charge in [0.25, 0.3) is 5.91 Å². The van der Waals surface area contributed by atoms with Crippen LogP contribution in [0.4, 0.5) is 0 Å². The van der Waals surface area contributed by atoms with Gasteiger partial charge in [0.1, 0.15) is 0 Å². The van der Waals surface area contributed by atoms with E-state index < -0.39 is 0 Å². The number of nitrogens with zero attached hydrogens (tertiary/aromatic N) is 1. The van der Waals surface area contributed by atoms with Crippen LogP contribution in [-0.4, -0.2) is 36.5 Å². The van der Waals surface area contributed by atoms with E-state index in [9.17, 15) is 4.79 Å². The highest BCUT2D eigenvalue weighted by Gasteiger charge is 2.24. The standard InChI is InChI=1S/C16H24N2O/c1-4-18(15-6-5-7-17-11-15)16(19)14-9-12(2)8-13(3)10-14/h8-10,15,17H,4-7,11H2,1-3H3. The minimum atomic E-state index is 0.169. The highest BCUT2D eigenvalue weighted by atomic mass is 16.2. The summed E-state index contributed by atoms with van der Waals surface area (Å²) in [4.78, 5) is 14.7. The first-order chi connectivity index (χ1) is 9.11. The first-order valence-electron chi connectivity index (χ1n) is 7.21. The van der Waals surface area contributed by atoms with Gasteiger partial charge in [-0.3, -0.25) is 4.79 Å². The van der Waals surface area contributed by atoms with E-state index in [0.717, 1.165) is 49.2 Å². The molecule has 0 radical (unpaired) electrons. The Morgan fingerprint density at radius 3 is 2.53 bits per heavy atom. The predicted octanol–water partition coefficient (Wildman–Crippen LogP) is 2.52. The van der Waals surface area contributed by atoms with Gasteiger partial charge in [-0.05, 0) is 52.3 Å². The smallest absolute Gasteiger partial charge is 0.254 e. The molecule has 1 amide bonds. The highest BCUT2D eigenvalue weighted by molar-refractivity contribution is 5.94. The number of hydrogen-bond donors (Lipinski definition) is 1. The van der Waals surface area contributed by atoms with Crippen LogP contribution in [-0.2, 0) is 0 Å². The number of carbonyl (C=O) groups is 1. The average Bonchev–Trinajstić information content (AvgIpc) is 2.39. The van der Waals surface area contributed by atoms with Crippen LogP contribution in [0, 0.1) is 13.8 Å². The average molecular weight is 260 g/mol. The van der Waals surface area contributed by atoms with Gasteiger partial charge in [-0.25, -0.2) is 0 Å². The number of piperidine rings is 1. The Kier molecular flexibility index (Phi) is 4.59. The fourth-order valence-corrected chi connectivity index (χ4v) is 2.93. The minimum absolute atomic E-state index is 0.169. The SMILES string of the molecule is CCN(C(=O)c1cc(C)cc(C)c1)C1CCCNC1. The summed E-state index contributed by atoms with van der Waals surface area (Å²) in [6.45, 7) is 8.92. The quantitative estimate of drug-likeness (QED) is 0.905. The molecule has 0 aliphatic carbocycles. The van der Waals surface area contributed by atoms with Crippen LogP contribution in [0.15, 0.2) is 18.2 Å². The van der Waals surface area contributed by atoms with E-state index in [0.29, 0.717) is 6.04 Å². The molecule has 1 fully saturated rings. The molecule has 1 heterocycles. The summed E-state index contributed by atoms with van der Waals surface area (Å²) in [5.41, 5.74) is 3.13. The van der Waals surface area contributed by atoms with Crippen molar-refractivity contribution in [2.45, 2.75) is 39.7 Å². The third-order valence-corrected chi connectivity index (χ3v) is 3.78. The molecule has 3 heteroatoms. The lowest BCUT2D eigenvalue weighted by Crippen LogP contribution is -2.48. The third kappa shape index (κ3) is 3.35. The molecule has 1 aliphatic heterocycles. The summed E-state index contributed by atoms with van der Waals surface area (Å²) >= 11 is 0. The van der Waals surface area contributed by atoms with Crippen LogP contribution in [0.2, 0.25) is 0 Å². The van der Waals surface area contributed by atoms with Crippen molar-refractivity contribution in [2.24, 2.45) is 0 Å². The Hall–Kier alpha value is -1.35. The second-order valence-electron chi connectivity index (χ2n) is 5.47. The van der Waals surface area contributed by atoms with E-state index >= 15 is 0 Å². The number of nitrogens with one attached hydrogen (secondary N) is 1. The van der Waals surface area contributed by atoms with Crippen molar-refractivity contribution in [3.05, 3.63) is 34.9 Å². The molecule has 3 nitrogen and oxygen atoms in total. The molecule has 1 aromatic carbocycles. The molecule has 0 aromatic heterocycles. The van der Waals surface area contributed by atoms with Gasteiger partial charge in [-0.2, -0.15) is 0 Å². The maximum Gasteiger partial charge on any atom is 0.254 e. The zero-order valence-corrected chi connectivity index (χ0v) is 12.2. The number of benzene rings is 1. The molecule has 1 saturated heterocycles. The maximum absolute atomic E-state index is 12.7. The number of rotatable bonds is 3. The number of amides is 1. The summed E-state index contributed by atoms with van der Waals surface area (Å²) < 4.78 is 0.